The van der Waals surface area contributed by atoms with Gasteiger partial charge in [-0.2, -0.15) is 0 Å². The Kier molecular flexibility index (Phi) is 4.40. The molecule has 1 aliphatic heterocycles. The van der Waals surface area contributed by atoms with Crippen LogP contribution >= 0.6 is 23.1 Å². The standard InChI is InChI=1S/C14H15N3O2S2/c18-12(19)9-20-14-16-15-13(21-14)17-7-6-11(8-17)10-4-2-1-3-5-10/h1-5,11H,6-9H2,(H,18,19). The number of aliphatic carboxylic acids is 1. The molecule has 7 heteroatoms. The van der Waals surface area contributed by atoms with E-state index in [4.69, 9.17) is 5.11 Å². The number of benzene rings is 1. The summed E-state index contributed by atoms with van der Waals surface area (Å²) in [6.07, 6.45) is 1.11. The van der Waals surface area contributed by atoms with Gasteiger partial charge in [-0.1, -0.05) is 53.4 Å². The number of anilines is 1. The number of hydrogen-bond acceptors (Lipinski definition) is 6. The summed E-state index contributed by atoms with van der Waals surface area (Å²) >= 11 is 2.70. The van der Waals surface area contributed by atoms with Gasteiger partial charge >= 0.3 is 5.97 Å². The Labute approximate surface area is 131 Å². The van der Waals surface area contributed by atoms with Crippen LogP contribution in [0, 0.1) is 0 Å². The molecule has 0 radical (unpaired) electrons. The maximum atomic E-state index is 10.6. The van der Waals surface area contributed by atoms with Gasteiger partial charge < -0.3 is 10.0 Å². The normalized spacial score (nSPS) is 18.1. The summed E-state index contributed by atoms with van der Waals surface area (Å²) < 4.78 is 0.718. The number of carboxylic acid groups (broad SMARTS) is 1. The molecule has 2 aromatic rings. The monoisotopic (exact) mass is 321 g/mol. The lowest BCUT2D eigenvalue weighted by atomic mass is 9.99. The third-order valence-corrected chi connectivity index (χ3v) is 5.55. The number of carboxylic acids is 1. The van der Waals surface area contributed by atoms with Crippen LogP contribution in [-0.2, 0) is 4.79 Å². The number of thioether (sulfide) groups is 1. The molecule has 1 aromatic heterocycles. The SMILES string of the molecule is O=C(O)CSc1nnc(N2CCC(c3ccccc3)C2)s1. The molecule has 1 saturated heterocycles. The van der Waals surface area contributed by atoms with Crippen molar-refractivity contribution in [3.8, 4) is 0 Å². The molecule has 1 aromatic carbocycles. The number of rotatable bonds is 5. The lowest BCUT2D eigenvalue weighted by Crippen LogP contribution is -2.18. The van der Waals surface area contributed by atoms with E-state index in [1.165, 1.54) is 28.7 Å². The van der Waals surface area contributed by atoms with Crippen molar-refractivity contribution in [1.82, 2.24) is 10.2 Å². The van der Waals surface area contributed by atoms with Gasteiger partial charge in [-0.25, -0.2) is 0 Å². The zero-order valence-electron chi connectivity index (χ0n) is 11.3. The molecule has 1 fully saturated rings. The minimum atomic E-state index is -0.831. The molecule has 0 amide bonds. The first kappa shape index (κ1) is 14.3. The fourth-order valence-electron chi connectivity index (χ4n) is 2.44. The van der Waals surface area contributed by atoms with Gasteiger partial charge in [0.05, 0.1) is 5.75 Å². The summed E-state index contributed by atoms with van der Waals surface area (Å²) in [4.78, 5) is 12.8. The topological polar surface area (TPSA) is 66.3 Å². The molecular weight excluding hydrogens is 306 g/mol. The van der Waals surface area contributed by atoms with E-state index in [1.807, 2.05) is 6.07 Å². The van der Waals surface area contributed by atoms with Crippen molar-refractivity contribution in [2.45, 2.75) is 16.7 Å². The van der Waals surface area contributed by atoms with Crippen LogP contribution in [0.15, 0.2) is 34.7 Å². The van der Waals surface area contributed by atoms with E-state index in [-0.39, 0.29) is 5.75 Å². The van der Waals surface area contributed by atoms with E-state index in [1.54, 1.807) is 0 Å². The summed E-state index contributed by atoms with van der Waals surface area (Å²) in [5.41, 5.74) is 1.37. The summed E-state index contributed by atoms with van der Waals surface area (Å²) in [6, 6.07) is 10.5. The summed E-state index contributed by atoms with van der Waals surface area (Å²) in [6.45, 7) is 1.92. The lowest BCUT2D eigenvalue weighted by Gasteiger charge is -2.14. The van der Waals surface area contributed by atoms with Crippen molar-refractivity contribution >= 4 is 34.2 Å². The molecule has 3 rings (SSSR count). The first-order valence-electron chi connectivity index (χ1n) is 6.70. The van der Waals surface area contributed by atoms with Gasteiger partial charge in [-0.15, -0.1) is 10.2 Å². The predicted molar refractivity (Wildman–Crippen MR) is 84.3 cm³/mol. The fourth-order valence-corrected chi connectivity index (χ4v) is 4.04. The average molecular weight is 321 g/mol. The molecule has 0 spiro atoms. The quantitative estimate of drug-likeness (QED) is 0.854. The lowest BCUT2D eigenvalue weighted by molar-refractivity contribution is -0.133. The van der Waals surface area contributed by atoms with E-state index in [0.29, 0.717) is 5.92 Å². The van der Waals surface area contributed by atoms with Crippen molar-refractivity contribution in [1.29, 1.82) is 0 Å². The smallest absolute Gasteiger partial charge is 0.313 e. The summed E-state index contributed by atoms with van der Waals surface area (Å²) in [5, 5.41) is 17.8. The average Bonchev–Trinajstić information content (AvgIpc) is 3.15. The van der Waals surface area contributed by atoms with Crippen molar-refractivity contribution in [3.05, 3.63) is 35.9 Å². The van der Waals surface area contributed by atoms with Crippen LogP contribution in [0.4, 0.5) is 5.13 Å². The Bertz CT molecular complexity index is 618. The largest absolute Gasteiger partial charge is 0.481 e. The van der Waals surface area contributed by atoms with Gasteiger partial charge in [-0.3, -0.25) is 4.79 Å². The van der Waals surface area contributed by atoms with Gasteiger partial charge in [0.15, 0.2) is 4.34 Å². The highest BCUT2D eigenvalue weighted by Gasteiger charge is 2.26. The third kappa shape index (κ3) is 3.54. The minimum Gasteiger partial charge on any atom is -0.481 e. The minimum absolute atomic E-state index is 0.0290. The summed E-state index contributed by atoms with van der Waals surface area (Å²) in [5.74, 6) is -0.270. The van der Waals surface area contributed by atoms with Crippen molar-refractivity contribution in [3.63, 3.8) is 0 Å². The second-order valence-electron chi connectivity index (χ2n) is 4.88. The zero-order chi connectivity index (χ0) is 14.7. The number of carbonyl (C=O) groups is 1. The highest BCUT2D eigenvalue weighted by atomic mass is 32.2. The molecule has 2 heterocycles. The van der Waals surface area contributed by atoms with Gasteiger partial charge in [0, 0.05) is 19.0 Å². The molecule has 0 saturated carbocycles. The Morgan fingerprint density at radius 1 is 1.38 bits per heavy atom. The van der Waals surface area contributed by atoms with E-state index >= 15 is 0 Å². The Balaban J connectivity index is 1.62. The van der Waals surface area contributed by atoms with Crippen molar-refractivity contribution in [2.24, 2.45) is 0 Å². The summed E-state index contributed by atoms with van der Waals surface area (Å²) in [7, 11) is 0. The van der Waals surface area contributed by atoms with Crippen LogP contribution in [0.2, 0.25) is 0 Å². The van der Waals surface area contributed by atoms with E-state index in [9.17, 15) is 4.79 Å². The van der Waals surface area contributed by atoms with E-state index in [2.05, 4.69) is 39.4 Å². The molecule has 21 heavy (non-hydrogen) atoms. The molecule has 1 aliphatic rings. The Hall–Kier alpha value is -1.60. The van der Waals surface area contributed by atoms with Crippen LogP contribution < -0.4 is 4.90 Å². The number of hydrogen-bond donors (Lipinski definition) is 1. The molecular formula is C14H15N3O2S2. The van der Waals surface area contributed by atoms with Crippen LogP contribution in [0.1, 0.15) is 17.9 Å². The van der Waals surface area contributed by atoms with Gasteiger partial charge in [-0.05, 0) is 12.0 Å². The van der Waals surface area contributed by atoms with Crippen LogP contribution in [0.3, 0.4) is 0 Å². The molecule has 1 atom stereocenters. The first-order valence-corrected chi connectivity index (χ1v) is 8.50. The predicted octanol–water partition coefficient (Wildman–Crippen LogP) is 2.71. The van der Waals surface area contributed by atoms with Crippen LogP contribution in [-0.4, -0.2) is 40.1 Å². The Morgan fingerprint density at radius 3 is 2.95 bits per heavy atom. The first-order chi connectivity index (χ1) is 10.2. The molecule has 1 unspecified atom stereocenters. The fraction of sp³-hybridized carbons (Fsp3) is 0.357. The number of aromatic nitrogens is 2. The third-order valence-electron chi connectivity index (χ3n) is 3.44. The molecule has 0 bridgehead atoms. The number of nitrogens with zero attached hydrogens (tertiary/aromatic N) is 3. The second-order valence-corrected chi connectivity index (χ2v) is 7.05. The molecule has 110 valence electrons. The maximum absolute atomic E-state index is 10.6. The van der Waals surface area contributed by atoms with Crippen LogP contribution in [0.25, 0.3) is 0 Å². The highest BCUT2D eigenvalue weighted by Crippen LogP contribution is 2.34. The molecule has 0 aliphatic carbocycles. The highest BCUT2D eigenvalue weighted by molar-refractivity contribution is 8.01. The van der Waals surface area contributed by atoms with E-state index in [0.717, 1.165) is 29.0 Å². The van der Waals surface area contributed by atoms with E-state index < -0.39 is 5.97 Å². The molecule has 1 N–H and O–H groups in total. The zero-order valence-corrected chi connectivity index (χ0v) is 12.9. The Morgan fingerprint density at radius 2 is 2.19 bits per heavy atom. The van der Waals surface area contributed by atoms with Crippen molar-refractivity contribution < 1.29 is 9.90 Å². The van der Waals surface area contributed by atoms with Gasteiger partial charge in [0.1, 0.15) is 0 Å². The molecule has 5 nitrogen and oxygen atoms in total. The maximum Gasteiger partial charge on any atom is 0.313 e. The van der Waals surface area contributed by atoms with Gasteiger partial charge in [0.2, 0.25) is 5.13 Å². The van der Waals surface area contributed by atoms with Gasteiger partial charge in [0.25, 0.3) is 0 Å². The van der Waals surface area contributed by atoms with Crippen LogP contribution in [0.5, 0.6) is 0 Å². The van der Waals surface area contributed by atoms with Crippen molar-refractivity contribution in [2.75, 3.05) is 23.7 Å². The second kappa shape index (κ2) is 6.44.